The zero-order valence-electron chi connectivity index (χ0n) is 8.29. The van der Waals surface area contributed by atoms with Crippen molar-refractivity contribution in [2.45, 2.75) is 20.3 Å². The van der Waals surface area contributed by atoms with Gasteiger partial charge >= 0.3 is 0 Å². The number of hydrogen-bond acceptors (Lipinski definition) is 2. The molecule has 0 bridgehead atoms. The molecule has 1 heterocycles. The molecular weight excluding hydrogens is 190 g/mol. The van der Waals surface area contributed by atoms with Crippen molar-refractivity contribution in [3.05, 3.63) is 34.2 Å². The maximum absolute atomic E-state index is 8.90. The SMILES string of the molecule is CCc1cc2scc(C#N)c2cc1C. The van der Waals surface area contributed by atoms with Crippen LogP contribution < -0.4 is 0 Å². The smallest absolute Gasteiger partial charge is 0.101 e. The lowest BCUT2D eigenvalue weighted by Gasteiger charge is -2.02. The molecule has 0 amide bonds. The minimum atomic E-state index is 0.802. The average Bonchev–Trinajstić information content (AvgIpc) is 2.58. The molecule has 2 rings (SSSR count). The van der Waals surface area contributed by atoms with Gasteiger partial charge in [0, 0.05) is 15.5 Å². The van der Waals surface area contributed by atoms with E-state index in [0.29, 0.717) is 0 Å². The van der Waals surface area contributed by atoms with E-state index >= 15 is 0 Å². The Balaban J connectivity index is 2.77. The van der Waals surface area contributed by atoms with Crippen LogP contribution >= 0.6 is 11.3 Å². The van der Waals surface area contributed by atoms with E-state index in [1.807, 2.05) is 5.38 Å². The number of benzene rings is 1. The largest absolute Gasteiger partial charge is 0.192 e. The van der Waals surface area contributed by atoms with Crippen LogP contribution in [0.15, 0.2) is 17.5 Å². The molecule has 70 valence electrons. The number of thiophene rings is 1. The molecule has 2 aromatic rings. The third-order valence-electron chi connectivity index (χ3n) is 2.53. The van der Waals surface area contributed by atoms with Crippen molar-refractivity contribution in [3.8, 4) is 6.07 Å². The quantitative estimate of drug-likeness (QED) is 0.691. The summed E-state index contributed by atoms with van der Waals surface area (Å²) < 4.78 is 1.23. The highest BCUT2D eigenvalue weighted by Crippen LogP contribution is 2.28. The van der Waals surface area contributed by atoms with Crippen molar-refractivity contribution in [1.29, 1.82) is 5.26 Å². The van der Waals surface area contributed by atoms with Crippen molar-refractivity contribution in [3.63, 3.8) is 0 Å². The molecule has 0 unspecified atom stereocenters. The van der Waals surface area contributed by atoms with E-state index in [9.17, 15) is 0 Å². The van der Waals surface area contributed by atoms with Gasteiger partial charge in [-0.15, -0.1) is 11.3 Å². The van der Waals surface area contributed by atoms with E-state index in [0.717, 1.165) is 17.4 Å². The standard InChI is InChI=1S/C12H11NS/c1-3-9-5-12-11(4-8(9)2)10(6-13)7-14-12/h4-5,7H,3H2,1-2H3. The van der Waals surface area contributed by atoms with Crippen LogP contribution in [-0.2, 0) is 6.42 Å². The van der Waals surface area contributed by atoms with Gasteiger partial charge in [0.1, 0.15) is 6.07 Å². The van der Waals surface area contributed by atoms with Gasteiger partial charge in [-0.2, -0.15) is 5.26 Å². The molecule has 0 saturated carbocycles. The summed E-state index contributed by atoms with van der Waals surface area (Å²) >= 11 is 1.65. The highest BCUT2D eigenvalue weighted by Gasteiger charge is 2.05. The molecule has 0 aliphatic rings. The Morgan fingerprint density at radius 1 is 1.43 bits per heavy atom. The fraction of sp³-hybridized carbons (Fsp3) is 0.250. The molecule has 1 aromatic carbocycles. The molecule has 0 aliphatic heterocycles. The summed E-state index contributed by atoms with van der Waals surface area (Å²) in [6, 6.07) is 6.56. The Bertz CT molecular complexity index is 517. The number of aryl methyl sites for hydroxylation is 2. The predicted octanol–water partition coefficient (Wildman–Crippen LogP) is 3.64. The highest BCUT2D eigenvalue weighted by atomic mass is 32.1. The van der Waals surface area contributed by atoms with Crippen molar-refractivity contribution >= 4 is 21.4 Å². The summed E-state index contributed by atoms with van der Waals surface area (Å²) in [5.41, 5.74) is 3.47. The second kappa shape index (κ2) is 3.43. The van der Waals surface area contributed by atoms with Crippen molar-refractivity contribution < 1.29 is 0 Å². The fourth-order valence-corrected chi connectivity index (χ4v) is 2.62. The van der Waals surface area contributed by atoms with Gasteiger partial charge in [0.15, 0.2) is 0 Å². The Kier molecular flexibility index (Phi) is 2.26. The summed E-state index contributed by atoms with van der Waals surface area (Å²) in [6.07, 6.45) is 1.06. The Hall–Kier alpha value is -1.33. The lowest BCUT2D eigenvalue weighted by Crippen LogP contribution is -1.85. The highest BCUT2D eigenvalue weighted by molar-refractivity contribution is 7.17. The van der Waals surface area contributed by atoms with E-state index < -0.39 is 0 Å². The lowest BCUT2D eigenvalue weighted by atomic mass is 10.0. The molecule has 1 nitrogen and oxygen atoms in total. The van der Waals surface area contributed by atoms with Gasteiger partial charge in [-0.1, -0.05) is 6.92 Å². The first-order valence-corrected chi connectivity index (χ1v) is 5.55. The van der Waals surface area contributed by atoms with E-state index in [1.54, 1.807) is 11.3 Å². The molecule has 0 spiro atoms. The fourth-order valence-electron chi connectivity index (χ4n) is 1.69. The summed E-state index contributed by atoms with van der Waals surface area (Å²) in [6.45, 7) is 4.27. The molecule has 0 fully saturated rings. The van der Waals surface area contributed by atoms with Gasteiger partial charge in [0.25, 0.3) is 0 Å². The summed E-state index contributed by atoms with van der Waals surface area (Å²) in [4.78, 5) is 0. The van der Waals surface area contributed by atoms with Crippen LogP contribution in [-0.4, -0.2) is 0 Å². The lowest BCUT2D eigenvalue weighted by molar-refractivity contribution is 1.12. The first-order chi connectivity index (χ1) is 6.76. The van der Waals surface area contributed by atoms with Crippen LogP contribution in [0.2, 0.25) is 0 Å². The first-order valence-electron chi connectivity index (χ1n) is 4.67. The van der Waals surface area contributed by atoms with Crippen molar-refractivity contribution in [1.82, 2.24) is 0 Å². The molecule has 1 aromatic heterocycles. The van der Waals surface area contributed by atoms with Crippen LogP contribution in [0.3, 0.4) is 0 Å². The van der Waals surface area contributed by atoms with E-state index in [2.05, 4.69) is 32.0 Å². The minimum Gasteiger partial charge on any atom is -0.192 e. The Morgan fingerprint density at radius 2 is 2.21 bits per heavy atom. The van der Waals surface area contributed by atoms with Gasteiger partial charge in [0.05, 0.1) is 5.56 Å². The van der Waals surface area contributed by atoms with Crippen LogP contribution in [0.25, 0.3) is 10.1 Å². The van der Waals surface area contributed by atoms with E-state index in [4.69, 9.17) is 5.26 Å². The Morgan fingerprint density at radius 3 is 2.86 bits per heavy atom. The van der Waals surface area contributed by atoms with E-state index in [-0.39, 0.29) is 0 Å². The number of fused-ring (bicyclic) bond motifs is 1. The molecule has 0 saturated heterocycles. The summed E-state index contributed by atoms with van der Waals surface area (Å²) in [7, 11) is 0. The van der Waals surface area contributed by atoms with Crippen LogP contribution in [0.5, 0.6) is 0 Å². The van der Waals surface area contributed by atoms with Gasteiger partial charge < -0.3 is 0 Å². The predicted molar refractivity (Wildman–Crippen MR) is 60.7 cm³/mol. The Labute approximate surface area is 87.6 Å². The van der Waals surface area contributed by atoms with E-state index in [1.165, 1.54) is 15.8 Å². The minimum absolute atomic E-state index is 0.802. The number of nitriles is 1. The third kappa shape index (κ3) is 1.30. The molecule has 0 atom stereocenters. The molecular formula is C12H11NS. The van der Waals surface area contributed by atoms with Crippen molar-refractivity contribution in [2.24, 2.45) is 0 Å². The molecule has 0 N–H and O–H groups in total. The maximum atomic E-state index is 8.90. The third-order valence-corrected chi connectivity index (χ3v) is 3.48. The average molecular weight is 201 g/mol. The van der Waals surface area contributed by atoms with Gasteiger partial charge in [0.2, 0.25) is 0 Å². The van der Waals surface area contributed by atoms with Gasteiger partial charge in [-0.25, -0.2) is 0 Å². The normalized spacial score (nSPS) is 10.4. The summed E-state index contributed by atoms with van der Waals surface area (Å²) in [5, 5.41) is 11.9. The van der Waals surface area contributed by atoms with Gasteiger partial charge in [-0.05, 0) is 36.6 Å². The topological polar surface area (TPSA) is 23.8 Å². The molecule has 2 heteroatoms. The van der Waals surface area contributed by atoms with Crippen LogP contribution in [0, 0.1) is 18.3 Å². The first kappa shape index (κ1) is 9.23. The maximum Gasteiger partial charge on any atom is 0.101 e. The number of nitrogens with zero attached hydrogens (tertiary/aromatic N) is 1. The molecule has 0 aliphatic carbocycles. The zero-order valence-corrected chi connectivity index (χ0v) is 9.11. The molecule has 14 heavy (non-hydrogen) atoms. The second-order valence-corrected chi connectivity index (χ2v) is 4.30. The second-order valence-electron chi connectivity index (χ2n) is 3.39. The number of hydrogen-bond donors (Lipinski definition) is 0. The van der Waals surface area contributed by atoms with Crippen molar-refractivity contribution in [2.75, 3.05) is 0 Å². The zero-order chi connectivity index (χ0) is 10.1. The number of rotatable bonds is 1. The van der Waals surface area contributed by atoms with Gasteiger partial charge in [-0.3, -0.25) is 0 Å². The monoisotopic (exact) mass is 201 g/mol. The van der Waals surface area contributed by atoms with Crippen LogP contribution in [0.4, 0.5) is 0 Å². The summed E-state index contributed by atoms with van der Waals surface area (Å²) in [5.74, 6) is 0. The molecule has 0 radical (unpaired) electrons. The van der Waals surface area contributed by atoms with Crippen LogP contribution in [0.1, 0.15) is 23.6 Å².